The van der Waals surface area contributed by atoms with E-state index in [0.29, 0.717) is 0 Å². The van der Waals surface area contributed by atoms with Gasteiger partial charge in [0.05, 0.1) is 0 Å². The van der Waals surface area contributed by atoms with E-state index in [4.69, 9.17) is 10.8 Å². The number of hydrogen-bond acceptors (Lipinski definition) is 3. The predicted octanol–water partition coefficient (Wildman–Crippen LogP) is 0.504. The predicted molar refractivity (Wildman–Crippen MR) is 66.6 cm³/mol. The summed E-state index contributed by atoms with van der Waals surface area (Å²) in [6.45, 7) is 8.26. The molecule has 0 aliphatic rings. The Hall–Kier alpha value is -1.59. The number of rotatable bonds is 5. The Bertz CT molecular complexity index is 356. The lowest BCUT2D eigenvalue weighted by molar-refractivity contribution is -0.152. The molecule has 1 atom stereocenters. The van der Waals surface area contributed by atoms with Crippen molar-refractivity contribution in [3.05, 3.63) is 0 Å². The van der Waals surface area contributed by atoms with E-state index in [0.717, 1.165) is 0 Å². The van der Waals surface area contributed by atoms with E-state index >= 15 is 0 Å². The molecule has 1 unspecified atom stereocenters. The number of carboxylic acid groups (broad SMARTS) is 1. The zero-order chi connectivity index (χ0) is 14.7. The monoisotopic (exact) mass is 258 g/mol. The number of amides is 2. The minimum absolute atomic E-state index is 0.0464. The van der Waals surface area contributed by atoms with Crippen LogP contribution in [0, 0.1) is 11.3 Å². The molecule has 0 rings (SSSR count). The third kappa shape index (κ3) is 5.16. The summed E-state index contributed by atoms with van der Waals surface area (Å²) in [6.07, 6.45) is -0.0464. The number of nitrogens with two attached hydrogens (primary N) is 1. The topological polar surface area (TPSA) is 109 Å². The van der Waals surface area contributed by atoms with Gasteiger partial charge in [0.25, 0.3) is 0 Å². The molecular weight excluding hydrogens is 236 g/mol. The Morgan fingerprint density at radius 3 is 1.89 bits per heavy atom. The van der Waals surface area contributed by atoms with Crippen molar-refractivity contribution in [2.45, 2.75) is 46.6 Å². The van der Waals surface area contributed by atoms with Crippen LogP contribution in [-0.4, -0.2) is 28.4 Å². The SMILES string of the molecule is CC(C)(CC(N)=O)NC(=O)C(C(=O)O)C(C)(C)C. The molecular formula is C12H22N2O4. The number of carboxylic acids is 1. The van der Waals surface area contributed by atoms with Crippen molar-refractivity contribution in [2.24, 2.45) is 17.1 Å². The highest BCUT2D eigenvalue weighted by molar-refractivity contribution is 5.98. The fraction of sp³-hybridized carbons (Fsp3) is 0.750. The highest BCUT2D eigenvalue weighted by atomic mass is 16.4. The minimum Gasteiger partial charge on any atom is -0.481 e. The molecule has 0 aliphatic carbocycles. The van der Waals surface area contributed by atoms with Crippen molar-refractivity contribution in [3.63, 3.8) is 0 Å². The number of aliphatic carboxylic acids is 1. The first kappa shape index (κ1) is 16.4. The van der Waals surface area contributed by atoms with Crippen LogP contribution >= 0.6 is 0 Å². The normalized spacial score (nSPS) is 13.8. The van der Waals surface area contributed by atoms with Crippen LogP contribution in [0.25, 0.3) is 0 Å². The quantitative estimate of drug-likeness (QED) is 0.624. The first-order chi connectivity index (χ1) is 7.87. The van der Waals surface area contributed by atoms with Gasteiger partial charge < -0.3 is 16.2 Å². The Balaban J connectivity index is 4.93. The second-order valence-electron chi connectivity index (χ2n) is 6.15. The molecule has 0 saturated carbocycles. The van der Waals surface area contributed by atoms with E-state index in [1.54, 1.807) is 34.6 Å². The van der Waals surface area contributed by atoms with E-state index in [1.165, 1.54) is 0 Å². The number of nitrogens with one attached hydrogen (secondary N) is 1. The fourth-order valence-corrected chi connectivity index (χ4v) is 1.76. The molecule has 0 heterocycles. The van der Waals surface area contributed by atoms with E-state index < -0.39 is 34.7 Å². The number of carbonyl (C=O) groups is 3. The molecule has 0 spiro atoms. The molecule has 6 nitrogen and oxygen atoms in total. The van der Waals surface area contributed by atoms with Crippen LogP contribution in [0.4, 0.5) is 0 Å². The Morgan fingerprint density at radius 1 is 1.17 bits per heavy atom. The van der Waals surface area contributed by atoms with Crippen molar-refractivity contribution in [2.75, 3.05) is 0 Å². The van der Waals surface area contributed by atoms with Gasteiger partial charge in [-0.25, -0.2) is 0 Å². The van der Waals surface area contributed by atoms with Gasteiger partial charge in [0.1, 0.15) is 5.92 Å². The highest BCUT2D eigenvalue weighted by Crippen LogP contribution is 2.27. The zero-order valence-electron chi connectivity index (χ0n) is 11.5. The maximum atomic E-state index is 12.0. The molecule has 0 radical (unpaired) electrons. The van der Waals surface area contributed by atoms with E-state index in [2.05, 4.69) is 5.32 Å². The van der Waals surface area contributed by atoms with Crippen molar-refractivity contribution in [1.82, 2.24) is 5.32 Å². The lowest BCUT2D eigenvalue weighted by Gasteiger charge is -2.31. The van der Waals surface area contributed by atoms with E-state index in [9.17, 15) is 14.4 Å². The average molecular weight is 258 g/mol. The van der Waals surface area contributed by atoms with Crippen molar-refractivity contribution < 1.29 is 19.5 Å². The maximum Gasteiger partial charge on any atom is 0.316 e. The Labute approximate surface area is 107 Å². The summed E-state index contributed by atoms with van der Waals surface area (Å²) in [7, 11) is 0. The molecule has 0 saturated heterocycles. The molecule has 0 aromatic rings. The lowest BCUT2D eigenvalue weighted by Crippen LogP contribution is -2.52. The summed E-state index contributed by atoms with van der Waals surface area (Å²) < 4.78 is 0. The summed E-state index contributed by atoms with van der Waals surface area (Å²) >= 11 is 0. The largest absolute Gasteiger partial charge is 0.481 e. The van der Waals surface area contributed by atoms with Gasteiger partial charge in [0, 0.05) is 12.0 Å². The first-order valence-electron chi connectivity index (χ1n) is 5.70. The van der Waals surface area contributed by atoms with Crippen molar-refractivity contribution in [1.29, 1.82) is 0 Å². The fourth-order valence-electron chi connectivity index (χ4n) is 1.76. The third-order valence-electron chi connectivity index (χ3n) is 2.45. The Morgan fingerprint density at radius 2 is 1.61 bits per heavy atom. The molecule has 104 valence electrons. The third-order valence-corrected chi connectivity index (χ3v) is 2.45. The molecule has 18 heavy (non-hydrogen) atoms. The van der Waals surface area contributed by atoms with Crippen molar-refractivity contribution in [3.8, 4) is 0 Å². The van der Waals surface area contributed by atoms with Gasteiger partial charge in [-0.1, -0.05) is 20.8 Å². The Kier molecular flexibility index (Phi) is 4.90. The number of carbonyl (C=O) groups excluding carboxylic acids is 2. The molecule has 0 aromatic heterocycles. The van der Waals surface area contributed by atoms with Gasteiger partial charge in [-0.15, -0.1) is 0 Å². The second-order valence-corrected chi connectivity index (χ2v) is 6.15. The summed E-state index contributed by atoms with van der Waals surface area (Å²) in [6, 6.07) is 0. The first-order valence-corrected chi connectivity index (χ1v) is 5.70. The zero-order valence-corrected chi connectivity index (χ0v) is 11.5. The highest BCUT2D eigenvalue weighted by Gasteiger charge is 2.39. The minimum atomic E-state index is -1.19. The van der Waals surface area contributed by atoms with Gasteiger partial charge in [-0.2, -0.15) is 0 Å². The molecule has 6 heteroatoms. The van der Waals surface area contributed by atoms with Crippen LogP contribution in [0.1, 0.15) is 41.0 Å². The van der Waals surface area contributed by atoms with Crippen LogP contribution in [-0.2, 0) is 14.4 Å². The van der Waals surface area contributed by atoms with Gasteiger partial charge in [-0.05, 0) is 19.3 Å². The summed E-state index contributed by atoms with van der Waals surface area (Å²) in [5.74, 6) is -3.52. The lowest BCUT2D eigenvalue weighted by atomic mass is 9.79. The van der Waals surface area contributed by atoms with Crippen LogP contribution in [0.3, 0.4) is 0 Å². The average Bonchev–Trinajstić information content (AvgIpc) is 1.93. The van der Waals surface area contributed by atoms with Gasteiger partial charge in [0.2, 0.25) is 11.8 Å². The van der Waals surface area contributed by atoms with Gasteiger partial charge in [-0.3, -0.25) is 14.4 Å². The summed E-state index contributed by atoms with van der Waals surface area (Å²) in [5, 5.41) is 11.7. The second kappa shape index (κ2) is 5.37. The molecule has 2 amide bonds. The molecule has 0 aromatic carbocycles. The maximum absolute atomic E-state index is 12.0. The van der Waals surface area contributed by atoms with Crippen LogP contribution in [0.15, 0.2) is 0 Å². The molecule has 4 N–H and O–H groups in total. The van der Waals surface area contributed by atoms with Gasteiger partial charge in [0.15, 0.2) is 0 Å². The standard InChI is InChI=1S/C12H22N2O4/c1-11(2,3)8(10(17)18)9(16)14-12(4,5)6-7(13)15/h8H,6H2,1-5H3,(H2,13,15)(H,14,16)(H,17,18). The number of primary amides is 1. The van der Waals surface area contributed by atoms with Crippen LogP contribution in [0.5, 0.6) is 0 Å². The van der Waals surface area contributed by atoms with E-state index in [-0.39, 0.29) is 6.42 Å². The smallest absolute Gasteiger partial charge is 0.316 e. The van der Waals surface area contributed by atoms with Crippen molar-refractivity contribution >= 4 is 17.8 Å². The van der Waals surface area contributed by atoms with Crippen LogP contribution < -0.4 is 11.1 Å². The molecule has 0 aliphatic heterocycles. The van der Waals surface area contributed by atoms with Gasteiger partial charge >= 0.3 is 5.97 Å². The molecule has 0 fully saturated rings. The summed E-state index contributed by atoms with van der Waals surface area (Å²) in [4.78, 5) is 34.0. The summed E-state index contributed by atoms with van der Waals surface area (Å²) in [5.41, 5.74) is 3.50. The van der Waals surface area contributed by atoms with Crippen LogP contribution in [0.2, 0.25) is 0 Å². The molecule has 0 bridgehead atoms. The van der Waals surface area contributed by atoms with E-state index in [1.807, 2.05) is 0 Å². The number of hydrogen-bond donors (Lipinski definition) is 3.